The van der Waals surface area contributed by atoms with E-state index in [1.165, 1.54) is 0 Å². The van der Waals surface area contributed by atoms with Gasteiger partial charge in [-0.15, -0.1) is 0 Å². The van der Waals surface area contributed by atoms with Crippen LogP contribution in [0.5, 0.6) is 0 Å². The van der Waals surface area contributed by atoms with Gasteiger partial charge in [0.05, 0.1) is 11.8 Å². The lowest BCUT2D eigenvalue weighted by Crippen LogP contribution is -2.45. The van der Waals surface area contributed by atoms with Crippen molar-refractivity contribution in [3.8, 4) is 0 Å². The third kappa shape index (κ3) is 3.04. The topological polar surface area (TPSA) is 40.5 Å². The van der Waals surface area contributed by atoms with Gasteiger partial charge in [-0.1, -0.05) is 6.42 Å². The number of likely N-dealkylation sites (tertiary alicyclic amines) is 1. The fourth-order valence-corrected chi connectivity index (χ4v) is 3.57. The zero-order chi connectivity index (χ0) is 14.2. The van der Waals surface area contributed by atoms with Gasteiger partial charge in [-0.3, -0.25) is 9.69 Å². The highest BCUT2D eigenvalue weighted by Gasteiger charge is 2.46. The first-order valence-corrected chi connectivity index (χ1v) is 6.86. The summed E-state index contributed by atoms with van der Waals surface area (Å²) in [6.07, 6.45) is -1.90. The molecule has 0 bridgehead atoms. The summed E-state index contributed by atoms with van der Waals surface area (Å²) in [5.41, 5.74) is 0. The van der Waals surface area contributed by atoms with Crippen LogP contribution in [0.3, 0.4) is 0 Å². The smallest absolute Gasteiger partial charge is 0.391 e. The SMILES string of the molecule is CC1C(C(=O)O)CCN1C1CCCC(C(F)(F)F)C1. The average Bonchev–Trinajstić information content (AvgIpc) is 2.70. The highest BCUT2D eigenvalue weighted by atomic mass is 19.4. The van der Waals surface area contributed by atoms with Crippen molar-refractivity contribution < 1.29 is 23.1 Å². The van der Waals surface area contributed by atoms with Crippen molar-refractivity contribution in [2.24, 2.45) is 11.8 Å². The molecule has 0 spiro atoms. The predicted molar refractivity (Wildman–Crippen MR) is 63.7 cm³/mol. The van der Waals surface area contributed by atoms with Gasteiger partial charge in [-0.05, 0) is 39.2 Å². The van der Waals surface area contributed by atoms with Crippen LogP contribution in [-0.4, -0.2) is 40.8 Å². The van der Waals surface area contributed by atoms with E-state index < -0.39 is 24.0 Å². The first-order chi connectivity index (χ1) is 8.80. The van der Waals surface area contributed by atoms with Crippen LogP contribution in [0.25, 0.3) is 0 Å². The minimum absolute atomic E-state index is 0.111. The second-order valence-electron chi connectivity index (χ2n) is 5.77. The molecular weight excluding hydrogens is 259 g/mol. The molecule has 6 heteroatoms. The van der Waals surface area contributed by atoms with Crippen molar-refractivity contribution in [2.45, 2.75) is 57.3 Å². The van der Waals surface area contributed by atoms with Gasteiger partial charge in [0.1, 0.15) is 0 Å². The monoisotopic (exact) mass is 279 g/mol. The van der Waals surface area contributed by atoms with Crippen molar-refractivity contribution in [1.82, 2.24) is 4.90 Å². The summed E-state index contributed by atoms with van der Waals surface area (Å²) in [7, 11) is 0. The van der Waals surface area contributed by atoms with Crippen molar-refractivity contribution in [2.75, 3.05) is 6.54 Å². The molecule has 19 heavy (non-hydrogen) atoms. The number of aliphatic carboxylic acids is 1. The van der Waals surface area contributed by atoms with Gasteiger partial charge >= 0.3 is 12.1 Å². The lowest BCUT2D eigenvalue weighted by atomic mass is 9.84. The molecule has 1 N–H and O–H groups in total. The van der Waals surface area contributed by atoms with Crippen molar-refractivity contribution in [3.05, 3.63) is 0 Å². The van der Waals surface area contributed by atoms with Crippen molar-refractivity contribution in [3.63, 3.8) is 0 Å². The quantitative estimate of drug-likeness (QED) is 0.845. The molecular formula is C13H20F3NO2. The summed E-state index contributed by atoms with van der Waals surface area (Å²) in [5, 5.41) is 9.07. The maximum atomic E-state index is 12.8. The second-order valence-corrected chi connectivity index (χ2v) is 5.77. The second kappa shape index (κ2) is 5.31. The van der Waals surface area contributed by atoms with Crippen LogP contribution >= 0.6 is 0 Å². The number of alkyl halides is 3. The molecule has 3 nitrogen and oxygen atoms in total. The Morgan fingerprint density at radius 1 is 1.26 bits per heavy atom. The molecule has 1 heterocycles. The van der Waals surface area contributed by atoms with Crippen LogP contribution in [0.4, 0.5) is 13.2 Å². The van der Waals surface area contributed by atoms with E-state index in [0.717, 1.165) is 6.42 Å². The summed E-state index contributed by atoms with van der Waals surface area (Å²) in [4.78, 5) is 13.0. The molecule has 1 saturated heterocycles. The number of nitrogens with zero attached hydrogens (tertiary/aromatic N) is 1. The number of carboxylic acids is 1. The maximum Gasteiger partial charge on any atom is 0.391 e. The fraction of sp³-hybridized carbons (Fsp3) is 0.923. The molecule has 4 atom stereocenters. The number of hydrogen-bond donors (Lipinski definition) is 1. The Labute approximate surface area is 110 Å². The van der Waals surface area contributed by atoms with Gasteiger partial charge in [0, 0.05) is 12.1 Å². The lowest BCUT2D eigenvalue weighted by molar-refractivity contribution is -0.187. The Morgan fingerprint density at radius 3 is 2.47 bits per heavy atom. The van der Waals surface area contributed by atoms with Gasteiger partial charge < -0.3 is 5.11 Å². The van der Waals surface area contributed by atoms with Gasteiger partial charge in [0.2, 0.25) is 0 Å². The van der Waals surface area contributed by atoms with Crippen LogP contribution in [-0.2, 0) is 4.79 Å². The molecule has 1 aliphatic carbocycles. The number of carboxylic acid groups (broad SMARTS) is 1. The highest BCUT2D eigenvalue weighted by Crippen LogP contribution is 2.41. The molecule has 0 radical (unpaired) electrons. The molecule has 2 aliphatic rings. The molecule has 0 aromatic rings. The first-order valence-electron chi connectivity index (χ1n) is 6.86. The zero-order valence-corrected chi connectivity index (χ0v) is 11.0. The number of hydrogen-bond acceptors (Lipinski definition) is 2. The fourth-order valence-electron chi connectivity index (χ4n) is 3.57. The van der Waals surface area contributed by atoms with E-state index in [9.17, 15) is 18.0 Å². The zero-order valence-electron chi connectivity index (χ0n) is 11.0. The van der Waals surface area contributed by atoms with E-state index in [1.54, 1.807) is 0 Å². The van der Waals surface area contributed by atoms with Crippen LogP contribution in [0.1, 0.15) is 39.0 Å². The van der Waals surface area contributed by atoms with E-state index in [-0.39, 0.29) is 24.9 Å². The molecule has 2 fully saturated rings. The Hall–Kier alpha value is -0.780. The molecule has 4 unspecified atom stereocenters. The number of halogens is 3. The largest absolute Gasteiger partial charge is 0.481 e. The third-order valence-electron chi connectivity index (χ3n) is 4.70. The van der Waals surface area contributed by atoms with E-state index >= 15 is 0 Å². The maximum absolute atomic E-state index is 12.8. The first kappa shape index (κ1) is 14.6. The summed E-state index contributed by atoms with van der Waals surface area (Å²) in [6.45, 7) is 2.43. The molecule has 0 aromatic carbocycles. The van der Waals surface area contributed by atoms with E-state index in [1.807, 2.05) is 11.8 Å². The van der Waals surface area contributed by atoms with E-state index in [0.29, 0.717) is 19.4 Å². The molecule has 110 valence electrons. The Morgan fingerprint density at radius 2 is 1.95 bits per heavy atom. The normalized spacial score (nSPS) is 37.5. The third-order valence-corrected chi connectivity index (χ3v) is 4.70. The molecule has 2 rings (SSSR count). The minimum Gasteiger partial charge on any atom is -0.481 e. The number of carbonyl (C=O) groups is 1. The average molecular weight is 279 g/mol. The van der Waals surface area contributed by atoms with E-state index in [4.69, 9.17) is 5.11 Å². The van der Waals surface area contributed by atoms with Crippen molar-refractivity contribution >= 4 is 5.97 Å². The Balaban J connectivity index is 2.01. The van der Waals surface area contributed by atoms with Crippen LogP contribution in [0, 0.1) is 11.8 Å². The minimum atomic E-state index is -4.12. The van der Waals surface area contributed by atoms with Crippen LogP contribution < -0.4 is 0 Å². The molecule has 1 saturated carbocycles. The van der Waals surface area contributed by atoms with Crippen LogP contribution in [0.2, 0.25) is 0 Å². The Bertz CT molecular complexity index is 345. The van der Waals surface area contributed by atoms with Crippen molar-refractivity contribution in [1.29, 1.82) is 0 Å². The highest BCUT2D eigenvalue weighted by molar-refractivity contribution is 5.71. The van der Waals surface area contributed by atoms with Gasteiger partial charge in [-0.2, -0.15) is 13.2 Å². The Kier molecular flexibility index (Phi) is 4.08. The lowest BCUT2D eigenvalue weighted by Gasteiger charge is -2.38. The van der Waals surface area contributed by atoms with Gasteiger partial charge in [0.15, 0.2) is 0 Å². The molecule has 0 amide bonds. The molecule has 0 aromatic heterocycles. The summed E-state index contributed by atoms with van der Waals surface area (Å²) >= 11 is 0. The predicted octanol–water partition coefficient (Wildman–Crippen LogP) is 2.90. The summed E-state index contributed by atoms with van der Waals surface area (Å²) in [5.74, 6) is -2.49. The summed E-state index contributed by atoms with van der Waals surface area (Å²) in [6, 6.07) is -0.269. The van der Waals surface area contributed by atoms with Crippen LogP contribution in [0.15, 0.2) is 0 Å². The summed E-state index contributed by atoms with van der Waals surface area (Å²) < 4.78 is 38.4. The van der Waals surface area contributed by atoms with E-state index in [2.05, 4.69) is 0 Å². The van der Waals surface area contributed by atoms with Gasteiger partial charge in [-0.25, -0.2) is 0 Å². The molecule has 1 aliphatic heterocycles. The standard InChI is InChI=1S/C13H20F3NO2/c1-8-11(12(18)19)5-6-17(8)10-4-2-3-9(7-10)13(14,15)16/h8-11H,2-7H2,1H3,(H,18,19). The van der Waals surface area contributed by atoms with Gasteiger partial charge in [0.25, 0.3) is 0 Å². The number of rotatable bonds is 2.